The number of amides is 2. The van der Waals surface area contributed by atoms with Gasteiger partial charge in [0.15, 0.2) is 0 Å². The molecule has 0 fully saturated rings. The first kappa shape index (κ1) is 15.2. The molecule has 0 saturated carbocycles. The van der Waals surface area contributed by atoms with Crippen LogP contribution in [-0.2, 0) is 4.79 Å². The van der Waals surface area contributed by atoms with Crippen molar-refractivity contribution in [2.75, 3.05) is 0 Å². The number of nitrogens with zero attached hydrogens (tertiary/aromatic N) is 1. The molecule has 1 aromatic carbocycles. The summed E-state index contributed by atoms with van der Waals surface area (Å²) in [6, 6.07) is 7.94. The minimum absolute atomic E-state index is 0.200. The Labute approximate surface area is 119 Å². The summed E-state index contributed by atoms with van der Waals surface area (Å²) < 4.78 is 0.765. The number of benzene rings is 1. The SMILES string of the molecule is C[C@H](C#N)C[C@@H](NC(=O)c1cccc(Br)c1)C(N)=O. The van der Waals surface area contributed by atoms with Crippen molar-refractivity contribution in [2.45, 2.75) is 19.4 Å². The lowest BCUT2D eigenvalue weighted by molar-refractivity contribution is -0.120. The third-order valence-electron chi connectivity index (χ3n) is 2.55. The highest BCUT2D eigenvalue weighted by molar-refractivity contribution is 9.10. The van der Waals surface area contributed by atoms with Crippen molar-refractivity contribution >= 4 is 27.7 Å². The average Bonchev–Trinajstić information content (AvgIpc) is 2.37. The van der Waals surface area contributed by atoms with Gasteiger partial charge in [-0.3, -0.25) is 9.59 Å². The van der Waals surface area contributed by atoms with E-state index in [-0.39, 0.29) is 12.3 Å². The smallest absolute Gasteiger partial charge is 0.251 e. The molecule has 6 heteroatoms. The van der Waals surface area contributed by atoms with Gasteiger partial charge in [0.25, 0.3) is 5.91 Å². The van der Waals surface area contributed by atoms with Gasteiger partial charge in [0.05, 0.1) is 6.07 Å². The lowest BCUT2D eigenvalue weighted by Crippen LogP contribution is -2.45. The summed E-state index contributed by atoms with van der Waals surface area (Å²) in [5.74, 6) is -1.40. The predicted octanol–water partition coefficient (Wildman–Crippen LogP) is 1.58. The van der Waals surface area contributed by atoms with Crippen LogP contribution < -0.4 is 11.1 Å². The largest absolute Gasteiger partial charge is 0.368 e. The summed E-state index contributed by atoms with van der Waals surface area (Å²) in [6.07, 6.45) is 0.200. The molecule has 0 aliphatic carbocycles. The van der Waals surface area contributed by atoms with Crippen molar-refractivity contribution in [3.63, 3.8) is 0 Å². The fourth-order valence-electron chi connectivity index (χ4n) is 1.52. The molecular formula is C13H14BrN3O2. The second-order valence-electron chi connectivity index (χ2n) is 4.20. The second-order valence-corrected chi connectivity index (χ2v) is 5.12. The van der Waals surface area contributed by atoms with Crippen molar-refractivity contribution in [3.8, 4) is 6.07 Å². The van der Waals surface area contributed by atoms with Gasteiger partial charge in [-0.05, 0) is 31.5 Å². The predicted molar refractivity (Wildman–Crippen MR) is 74.0 cm³/mol. The van der Waals surface area contributed by atoms with E-state index in [4.69, 9.17) is 11.0 Å². The molecule has 5 nitrogen and oxygen atoms in total. The van der Waals surface area contributed by atoms with Crippen molar-refractivity contribution in [3.05, 3.63) is 34.3 Å². The molecule has 2 atom stereocenters. The minimum Gasteiger partial charge on any atom is -0.368 e. The molecule has 0 unspecified atom stereocenters. The van der Waals surface area contributed by atoms with Crippen molar-refractivity contribution in [2.24, 2.45) is 11.7 Å². The molecule has 1 rings (SSSR count). The summed E-state index contributed by atoms with van der Waals surface area (Å²) in [4.78, 5) is 23.2. The molecule has 3 N–H and O–H groups in total. The third-order valence-corrected chi connectivity index (χ3v) is 3.04. The van der Waals surface area contributed by atoms with Crippen LogP contribution in [0.1, 0.15) is 23.7 Å². The molecule has 0 aromatic heterocycles. The van der Waals surface area contributed by atoms with Crippen molar-refractivity contribution < 1.29 is 9.59 Å². The summed E-state index contributed by atoms with van der Waals surface area (Å²) in [7, 11) is 0. The Hall–Kier alpha value is -1.87. The van der Waals surface area contributed by atoms with Crippen LogP contribution in [0.3, 0.4) is 0 Å². The van der Waals surface area contributed by atoms with Crippen LogP contribution in [-0.4, -0.2) is 17.9 Å². The number of hydrogen-bond acceptors (Lipinski definition) is 3. The summed E-state index contributed by atoms with van der Waals surface area (Å²) >= 11 is 3.26. The van der Waals surface area contributed by atoms with Crippen LogP contribution in [0.25, 0.3) is 0 Å². The highest BCUT2D eigenvalue weighted by Gasteiger charge is 2.21. The number of hydrogen-bond donors (Lipinski definition) is 2. The van der Waals surface area contributed by atoms with E-state index in [0.717, 1.165) is 4.47 Å². The van der Waals surface area contributed by atoms with E-state index in [2.05, 4.69) is 21.2 Å². The average molecular weight is 324 g/mol. The maximum atomic E-state index is 12.0. The Bertz CT molecular complexity index is 525. The monoisotopic (exact) mass is 323 g/mol. The molecule has 0 saturated heterocycles. The number of nitrogens with one attached hydrogen (secondary N) is 1. The first-order valence-corrected chi connectivity index (χ1v) is 6.48. The van der Waals surface area contributed by atoms with Crippen LogP contribution in [0.2, 0.25) is 0 Å². The zero-order valence-electron chi connectivity index (χ0n) is 10.4. The van der Waals surface area contributed by atoms with Crippen LogP contribution >= 0.6 is 15.9 Å². The maximum absolute atomic E-state index is 12.0. The molecule has 1 aromatic rings. The Balaban J connectivity index is 2.77. The Morgan fingerprint density at radius 3 is 2.74 bits per heavy atom. The first-order chi connectivity index (χ1) is 8.93. The van der Waals surface area contributed by atoms with E-state index < -0.39 is 17.9 Å². The standard InChI is InChI=1S/C13H14BrN3O2/c1-8(7-15)5-11(12(16)18)17-13(19)9-3-2-4-10(14)6-9/h2-4,6,8,11H,5H2,1H3,(H2,16,18)(H,17,19)/t8-,11+/m0/s1. The van der Waals surface area contributed by atoms with Gasteiger partial charge in [-0.25, -0.2) is 0 Å². The molecule has 100 valence electrons. The van der Waals surface area contributed by atoms with Gasteiger partial charge in [-0.15, -0.1) is 0 Å². The van der Waals surface area contributed by atoms with E-state index >= 15 is 0 Å². The van der Waals surface area contributed by atoms with Gasteiger partial charge in [-0.2, -0.15) is 5.26 Å². The molecule has 19 heavy (non-hydrogen) atoms. The van der Waals surface area contributed by atoms with Crippen LogP contribution in [0, 0.1) is 17.2 Å². The molecule has 0 spiro atoms. The Morgan fingerprint density at radius 1 is 1.53 bits per heavy atom. The number of rotatable bonds is 5. The van der Waals surface area contributed by atoms with Gasteiger partial charge in [-0.1, -0.05) is 22.0 Å². The van der Waals surface area contributed by atoms with Gasteiger partial charge in [0, 0.05) is 16.0 Å². The zero-order valence-corrected chi connectivity index (χ0v) is 12.0. The maximum Gasteiger partial charge on any atom is 0.251 e. The third kappa shape index (κ3) is 4.72. The van der Waals surface area contributed by atoms with Crippen molar-refractivity contribution in [1.82, 2.24) is 5.32 Å². The van der Waals surface area contributed by atoms with Gasteiger partial charge >= 0.3 is 0 Å². The topological polar surface area (TPSA) is 96.0 Å². The van der Waals surface area contributed by atoms with Crippen LogP contribution in [0.15, 0.2) is 28.7 Å². The highest BCUT2D eigenvalue weighted by atomic mass is 79.9. The summed E-state index contributed by atoms with van der Waals surface area (Å²) in [5, 5.41) is 11.3. The van der Waals surface area contributed by atoms with Crippen molar-refractivity contribution in [1.29, 1.82) is 5.26 Å². The number of halogens is 1. The van der Waals surface area contributed by atoms with E-state index in [9.17, 15) is 9.59 Å². The molecular weight excluding hydrogens is 310 g/mol. The fourth-order valence-corrected chi connectivity index (χ4v) is 1.92. The number of carbonyl (C=O) groups is 2. The molecule has 0 aliphatic heterocycles. The summed E-state index contributed by atoms with van der Waals surface area (Å²) in [6.45, 7) is 1.67. The Kier molecular flexibility index (Phi) is 5.52. The summed E-state index contributed by atoms with van der Waals surface area (Å²) in [5.41, 5.74) is 5.65. The lowest BCUT2D eigenvalue weighted by Gasteiger charge is -2.16. The molecule has 0 radical (unpaired) electrons. The normalized spacial score (nSPS) is 13.1. The zero-order chi connectivity index (χ0) is 14.4. The Morgan fingerprint density at radius 2 is 2.21 bits per heavy atom. The number of primary amides is 1. The minimum atomic E-state index is -0.846. The quantitative estimate of drug-likeness (QED) is 0.861. The van der Waals surface area contributed by atoms with E-state index in [1.807, 2.05) is 6.07 Å². The van der Waals surface area contributed by atoms with Crippen LogP contribution in [0.4, 0.5) is 0 Å². The number of carbonyl (C=O) groups excluding carboxylic acids is 2. The number of nitriles is 1. The van der Waals surface area contributed by atoms with Gasteiger partial charge in [0.2, 0.25) is 5.91 Å². The molecule has 0 aliphatic rings. The first-order valence-electron chi connectivity index (χ1n) is 5.69. The van der Waals surface area contributed by atoms with E-state index in [0.29, 0.717) is 5.56 Å². The number of nitrogens with two attached hydrogens (primary N) is 1. The highest BCUT2D eigenvalue weighted by Crippen LogP contribution is 2.12. The molecule has 2 amide bonds. The van der Waals surface area contributed by atoms with Gasteiger partial charge in [0.1, 0.15) is 6.04 Å². The van der Waals surface area contributed by atoms with Gasteiger partial charge < -0.3 is 11.1 Å². The van der Waals surface area contributed by atoms with E-state index in [1.54, 1.807) is 31.2 Å². The molecule has 0 heterocycles. The molecule has 0 bridgehead atoms. The fraction of sp³-hybridized carbons (Fsp3) is 0.308. The second kappa shape index (κ2) is 6.90. The van der Waals surface area contributed by atoms with E-state index in [1.165, 1.54) is 0 Å². The van der Waals surface area contributed by atoms with Crippen LogP contribution in [0.5, 0.6) is 0 Å². The lowest BCUT2D eigenvalue weighted by atomic mass is 10.0.